The summed E-state index contributed by atoms with van der Waals surface area (Å²) >= 11 is 13.5. The van der Waals surface area contributed by atoms with Crippen molar-refractivity contribution in [1.29, 1.82) is 0 Å². The van der Waals surface area contributed by atoms with Gasteiger partial charge < -0.3 is 5.32 Å². The number of nitrogens with zero attached hydrogens (tertiary/aromatic N) is 1. The maximum Gasteiger partial charge on any atom is 0.282 e. The minimum absolute atomic E-state index is 0.0514. The third kappa shape index (κ3) is 3.42. The summed E-state index contributed by atoms with van der Waals surface area (Å²) in [5.74, 6) is -3.40. The van der Waals surface area contributed by atoms with Crippen molar-refractivity contribution in [2.45, 2.75) is 0 Å². The van der Waals surface area contributed by atoms with Gasteiger partial charge in [0.15, 0.2) is 11.6 Å². The first kappa shape index (κ1) is 19.6. The number of rotatable bonds is 4. The molecule has 3 aromatic rings. The number of thiophene rings is 1. The Hall–Kier alpha value is -2.74. The van der Waals surface area contributed by atoms with Gasteiger partial charge in [0.2, 0.25) is 0 Å². The van der Waals surface area contributed by atoms with Gasteiger partial charge >= 0.3 is 0 Å². The molecule has 0 saturated carbocycles. The van der Waals surface area contributed by atoms with Gasteiger partial charge in [0.05, 0.1) is 21.3 Å². The van der Waals surface area contributed by atoms with E-state index in [9.17, 15) is 18.4 Å². The molecule has 0 spiro atoms. The Bertz CT molecular complexity index is 1180. The van der Waals surface area contributed by atoms with Crippen molar-refractivity contribution in [3.05, 3.63) is 86.2 Å². The van der Waals surface area contributed by atoms with Gasteiger partial charge in [0, 0.05) is 16.6 Å². The van der Waals surface area contributed by atoms with Gasteiger partial charge in [-0.2, -0.15) is 0 Å². The second-order valence-corrected chi connectivity index (χ2v) is 7.73. The van der Waals surface area contributed by atoms with Gasteiger partial charge in [-0.05, 0) is 35.7 Å². The van der Waals surface area contributed by atoms with Gasteiger partial charge in [-0.1, -0.05) is 35.3 Å². The number of benzene rings is 2. The smallest absolute Gasteiger partial charge is 0.282 e. The van der Waals surface area contributed by atoms with Crippen LogP contribution in [0.15, 0.2) is 59.6 Å². The van der Waals surface area contributed by atoms with Crippen LogP contribution in [-0.2, 0) is 9.59 Å². The zero-order valence-electron chi connectivity index (χ0n) is 14.4. The molecule has 2 heterocycles. The highest BCUT2D eigenvalue weighted by Crippen LogP contribution is 2.40. The molecule has 1 aliphatic rings. The summed E-state index contributed by atoms with van der Waals surface area (Å²) in [4.78, 5) is 27.8. The molecule has 1 aromatic heterocycles. The van der Waals surface area contributed by atoms with Crippen LogP contribution >= 0.6 is 34.5 Å². The highest BCUT2D eigenvalue weighted by molar-refractivity contribution is 7.11. The highest BCUT2D eigenvalue weighted by Gasteiger charge is 2.41. The van der Waals surface area contributed by atoms with Crippen molar-refractivity contribution >= 4 is 63.3 Å². The number of hydrogen-bond acceptors (Lipinski definition) is 4. The first-order chi connectivity index (χ1) is 13.9. The molecule has 0 fully saturated rings. The van der Waals surface area contributed by atoms with Crippen molar-refractivity contribution in [3.63, 3.8) is 0 Å². The van der Waals surface area contributed by atoms with E-state index in [1.807, 2.05) is 0 Å². The zero-order chi connectivity index (χ0) is 20.7. The monoisotopic (exact) mass is 450 g/mol. The normalized spacial score (nSPS) is 14.1. The summed E-state index contributed by atoms with van der Waals surface area (Å²) < 4.78 is 26.9. The summed E-state index contributed by atoms with van der Waals surface area (Å²) in [6.07, 6.45) is 0. The fourth-order valence-corrected chi connectivity index (χ4v) is 4.05. The SMILES string of the molecule is O=C1C(Nc2ccc(F)c(F)c2)=C(c2cccs2)C(=O)N1c1cccc(Cl)c1Cl. The molecule has 0 unspecified atom stereocenters. The number of hydrogen-bond donors (Lipinski definition) is 1. The van der Waals surface area contributed by atoms with E-state index in [0.717, 1.165) is 17.0 Å². The lowest BCUT2D eigenvalue weighted by atomic mass is 10.2. The maximum atomic E-state index is 13.6. The molecule has 2 amide bonds. The first-order valence-electron chi connectivity index (χ1n) is 8.21. The molecular formula is C20H10Cl2F2N2O2S. The number of carbonyl (C=O) groups is 2. The van der Waals surface area contributed by atoms with Gasteiger partial charge in [0.1, 0.15) is 5.70 Å². The quantitative estimate of drug-likeness (QED) is 0.516. The van der Waals surface area contributed by atoms with E-state index in [0.29, 0.717) is 4.88 Å². The lowest BCUT2D eigenvalue weighted by Gasteiger charge is -2.17. The molecule has 2 aromatic carbocycles. The Kier molecular flexibility index (Phi) is 5.12. The molecule has 9 heteroatoms. The lowest BCUT2D eigenvalue weighted by Crippen LogP contribution is -2.32. The molecule has 146 valence electrons. The molecule has 1 aliphatic heterocycles. The highest BCUT2D eigenvalue weighted by atomic mass is 35.5. The van der Waals surface area contributed by atoms with Crippen molar-refractivity contribution in [1.82, 2.24) is 0 Å². The van der Waals surface area contributed by atoms with Gasteiger partial charge in [-0.25, -0.2) is 13.7 Å². The summed E-state index contributed by atoms with van der Waals surface area (Å²) in [6, 6.07) is 11.1. The zero-order valence-corrected chi connectivity index (χ0v) is 16.7. The molecule has 0 bridgehead atoms. The van der Waals surface area contributed by atoms with Crippen molar-refractivity contribution in [2.24, 2.45) is 0 Å². The van der Waals surface area contributed by atoms with E-state index >= 15 is 0 Å². The molecule has 0 radical (unpaired) electrons. The number of nitrogens with one attached hydrogen (secondary N) is 1. The van der Waals surface area contributed by atoms with Crippen molar-refractivity contribution in [2.75, 3.05) is 10.2 Å². The van der Waals surface area contributed by atoms with Gasteiger partial charge in [-0.3, -0.25) is 9.59 Å². The third-order valence-corrected chi connectivity index (χ3v) is 5.91. The van der Waals surface area contributed by atoms with Crippen LogP contribution in [0.5, 0.6) is 0 Å². The molecule has 0 aliphatic carbocycles. The Balaban J connectivity index is 1.83. The van der Waals surface area contributed by atoms with Crippen LogP contribution in [0.1, 0.15) is 4.88 Å². The summed E-state index contributed by atoms with van der Waals surface area (Å²) in [5, 5.41) is 4.74. The topological polar surface area (TPSA) is 49.4 Å². The minimum Gasteiger partial charge on any atom is -0.350 e. The van der Waals surface area contributed by atoms with E-state index in [1.165, 1.54) is 29.5 Å². The summed E-state index contributed by atoms with van der Waals surface area (Å²) in [6.45, 7) is 0. The lowest BCUT2D eigenvalue weighted by molar-refractivity contribution is -0.120. The van der Waals surface area contributed by atoms with Crippen LogP contribution in [-0.4, -0.2) is 11.8 Å². The Morgan fingerprint density at radius 2 is 1.72 bits per heavy atom. The van der Waals surface area contributed by atoms with Crippen molar-refractivity contribution < 1.29 is 18.4 Å². The Morgan fingerprint density at radius 1 is 0.931 bits per heavy atom. The predicted molar refractivity (Wildman–Crippen MR) is 110 cm³/mol. The fourth-order valence-electron chi connectivity index (χ4n) is 2.90. The number of anilines is 2. The van der Waals surface area contributed by atoms with Crippen LogP contribution in [0.2, 0.25) is 10.0 Å². The van der Waals surface area contributed by atoms with E-state index in [4.69, 9.17) is 23.2 Å². The molecule has 4 rings (SSSR count). The van der Waals surface area contributed by atoms with E-state index in [-0.39, 0.29) is 32.7 Å². The second-order valence-electron chi connectivity index (χ2n) is 6.00. The van der Waals surface area contributed by atoms with E-state index in [2.05, 4.69) is 5.32 Å². The second kappa shape index (κ2) is 7.59. The number of halogens is 4. The predicted octanol–water partition coefficient (Wildman–Crippen LogP) is 5.73. The van der Waals surface area contributed by atoms with Crippen LogP contribution in [0.25, 0.3) is 5.57 Å². The Labute approximate surface area is 178 Å². The van der Waals surface area contributed by atoms with E-state index in [1.54, 1.807) is 23.6 Å². The average molecular weight is 451 g/mol. The maximum absolute atomic E-state index is 13.6. The average Bonchev–Trinajstić information content (AvgIpc) is 3.28. The fraction of sp³-hybridized carbons (Fsp3) is 0. The van der Waals surface area contributed by atoms with Gasteiger partial charge in [-0.15, -0.1) is 11.3 Å². The molecular weight excluding hydrogens is 441 g/mol. The van der Waals surface area contributed by atoms with E-state index < -0.39 is 23.4 Å². The standard InChI is InChI=1S/C20H10Cl2F2N2O2S/c21-11-3-1-4-14(17(11)22)26-19(27)16(15-5-2-8-29-15)18(20(26)28)25-10-6-7-12(23)13(24)9-10/h1-9,25H. The molecule has 29 heavy (non-hydrogen) atoms. The summed E-state index contributed by atoms with van der Waals surface area (Å²) in [7, 11) is 0. The number of carbonyl (C=O) groups excluding carboxylic acids is 2. The van der Waals surface area contributed by atoms with Crippen LogP contribution in [0, 0.1) is 11.6 Å². The van der Waals surface area contributed by atoms with Crippen LogP contribution in [0.4, 0.5) is 20.2 Å². The molecule has 0 atom stereocenters. The van der Waals surface area contributed by atoms with Gasteiger partial charge in [0.25, 0.3) is 11.8 Å². The third-order valence-electron chi connectivity index (χ3n) is 4.21. The van der Waals surface area contributed by atoms with Crippen LogP contribution < -0.4 is 10.2 Å². The summed E-state index contributed by atoms with van der Waals surface area (Å²) in [5.41, 5.74) is 0.281. The minimum atomic E-state index is -1.08. The van der Waals surface area contributed by atoms with Crippen LogP contribution in [0.3, 0.4) is 0 Å². The largest absolute Gasteiger partial charge is 0.350 e. The number of imide groups is 1. The first-order valence-corrected chi connectivity index (χ1v) is 9.85. The molecule has 4 nitrogen and oxygen atoms in total. The van der Waals surface area contributed by atoms with Crippen molar-refractivity contribution in [3.8, 4) is 0 Å². The Morgan fingerprint density at radius 3 is 2.41 bits per heavy atom. The molecule has 1 N–H and O–H groups in total. The number of amides is 2. The molecule has 0 saturated heterocycles.